The summed E-state index contributed by atoms with van der Waals surface area (Å²) in [6, 6.07) is 8.85. The summed E-state index contributed by atoms with van der Waals surface area (Å²) in [6.45, 7) is 17.7. The van der Waals surface area contributed by atoms with Gasteiger partial charge in [0.2, 0.25) is 0 Å². The van der Waals surface area contributed by atoms with E-state index in [2.05, 4.69) is 61.0 Å². The Balaban J connectivity index is 0.00000583. The van der Waals surface area contributed by atoms with Gasteiger partial charge >= 0.3 is 0 Å². The van der Waals surface area contributed by atoms with E-state index >= 15 is 0 Å². The lowest BCUT2D eigenvalue weighted by Gasteiger charge is -2.27. The van der Waals surface area contributed by atoms with E-state index in [0.717, 1.165) is 78.2 Å². The molecule has 0 radical (unpaired) electrons. The molecule has 2 N–H and O–H groups in total. The first-order valence-electron chi connectivity index (χ1n) is 18.2. The first kappa shape index (κ1) is 40.2. The predicted octanol–water partition coefficient (Wildman–Crippen LogP) is 7.36. The largest absolute Gasteiger partial charge is 0.508 e. The van der Waals surface area contributed by atoms with Crippen LogP contribution in [0.4, 0.5) is 17.1 Å². The summed E-state index contributed by atoms with van der Waals surface area (Å²) in [7, 11) is 0. The first-order chi connectivity index (χ1) is 24.3. The molecule has 0 bridgehead atoms. The van der Waals surface area contributed by atoms with Crippen LogP contribution in [0.3, 0.4) is 0 Å². The number of benzene rings is 2. The van der Waals surface area contributed by atoms with Crippen LogP contribution < -0.4 is 19.7 Å². The molecule has 51 heavy (non-hydrogen) atoms. The van der Waals surface area contributed by atoms with Gasteiger partial charge in [0.25, 0.3) is 5.91 Å². The van der Waals surface area contributed by atoms with Crippen molar-refractivity contribution in [2.75, 3.05) is 95.7 Å². The number of nitrogens with zero attached hydrogens (tertiary/aromatic N) is 3. The van der Waals surface area contributed by atoms with Gasteiger partial charge in [-0.05, 0) is 65.5 Å². The number of allylic oxidation sites excluding steroid dienone is 5. The van der Waals surface area contributed by atoms with Crippen LogP contribution >= 0.6 is 12.4 Å². The zero-order valence-corrected chi connectivity index (χ0v) is 31.7. The summed E-state index contributed by atoms with van der Waals surface area (Å²) in [6.07, 6.45) is 10.7. The highest BCUT2D eigenvalue weighted by Gasteiger charge is 2.31. The van der Waals surface area contributed by atoms with Crippen LogP contribution in [-0.2, 0) is 9.47 Å². The summed E-state index contributed by atoms with van der Waals surface area (Å²) < 4.78 is 23.7. The fourth-order valence-corrected chi connectivity index (χ4v) is 6.36. The molecule has 0 saturated carbocycles. The van der Waals surface area contributed by atoms with E-state index in [9.17, 15) is 9.90 Å². The number of phenolic OH excluding ortho intramolecular Hbond substituents is 1. The van der Waals surface area contributed by atoms with E-state index in [4.69, 9.17) is 18.9 Å². The molecule has 2 saturated heterocycles. The van der Waals surface area contributed by atoms with E-state index in [-0.39, 0.29) is 24.1 Å². The van der Waals surface area contributed by atoms with Crippen molar-refractivity contribution in [2.24, 2.45) is 0 Å². The second-order valence-corrected chi connectivity index (χ2v) is 13.6. The van der Waals surface area contributed by atoms with Gasteiger partial charge in [-0.25, -0.2) is 0 Å². The Morgan fingerprint density at radius 2 is 1.39 bits per heavy atom. The molecule has 280 valence electrons. The molecule has 1 amide bonds. The molecule has 0 unspecified atom stereocenters. The highest BCUT2D eigenvalue weighted by molar-refractivity contribution is 6.15. The second-order valence-electron chi connectivity index (χ2n) is 13.6. The Hall–Kier alpha value is -3.54. The molecule has 5 rings (SSSR count). The monoisotopic (exact) mass is 724 g/mol. The molecule has 0 aliphatic carbocycles. The summed E-state index contributed by atoms with van der Waals surface area (Å²) in [5.74, 6) is 0.945. The van der Waals surface area contributed by atoms with E-state index in [1.54, 1.807) is 17.0 Å². The molecule has 10 nitrogen and oxygen atoms in total. The number of fused-ring (bicyclic) bond motifs is 2. The maximum Gasteiger partial charge on any atom is 0.260 e. The number of aromatic hydroxyl groups is 1. The van der Waals surface area contributed by atoms with Crippen LogP contribution in [0.25, 0.3) is 0 Å². The molecule has 0 aromatic heterocycles. The zero-order chi connectivity index (χ0) is 35.3. The van der Waals surface area contributed by atoms with Crippen molar-refractivity contribution in [3.63, 3.8) is 0 Å². The van der Waals surface area contributed by atoms with Gasteiger partial charge in [0.15, 0.2) is 0 Å². The van der Waals surface area contributed by atoms with Crippen LogP contribution in [0.5, 0.6) is 17.2 Å². The number of morpholine rings is 2. The van der Waals surface area contributed by atoms with Crippen molar-refractivity contribution in [1.82, 2.24) is 9.80 Å². The molecular formula is C40H57ClN4O6. The number of para-hydroxylation sites is 1. The Kier molecular flexibility index (Phi) is 16.2. The Bertz CT molecular complexity index is 1530. The highest BCUT2D eigenvalue weighted by Crippen LogP contribution is 2.46. The number of ether oxygens (including phenoxy) is 4. The SMILES string of the molecule is CC(C)=CCCC(C)=CCCC(C)=CCN1C(=O)c2cccc(OCCN3CCOCC3)c2Nc2c(OCCN3CCOCC3)cc(O)cc21.Cl. The Morgan fingerprint density at radius 3 is 2.02 bits per heavy atom. The summed E-state index contributed by atoms with van der Waals surface area (Å²) in [5, 5.41) is 14.5. The lowest BCUT2D eigenvalue weighted by Crippen LogP contribution is -2.38. The summed E-state index contributed by atoms with van der Waals surface area (Å²) in [4.78, 5) is 20.8. The first-order valence-corrected chi connectivity index (χ1v) is 18.2. The van der Waals surface area contributed by atoms with Gasteiger partial charge in [-0.1, -0.05) is 41.0 Å². The average molecular weight is 725 g/mol. The third-order valence-electron chi connectivity index (χ3n) is 9.39. The lowest BCUT2D eigenvalue weighted by atomic mass is 10.1. The van der Waals surface area contributed by atoms with E-state index in [1.807, 2.05) is 18.2 Å². The number of amides is 1. The molecule has 3 heterocycles. The van der Waals surface area contributed by atoms with Crippen LogP contribution in [0.1, 0.15) is 63.7 Å². The smallest absolute Gasteiger partial charge is 0.260 e. The second kappa shape index (κ2) is 20.5. The van der Waals surface area contributed by atoms with E-state index in [0.29, 0.717) is 67.1 Å². The fraction of sp³-hybridized carbons (Fsp3) is 0.525. The van der Waals surface area contributed by atoms with Gasteiger partial charge in [0, 0.05) is 57.9 Å². The van der Waals surface area contributed by atoms with Crippen LogP contribution in [-0.4, -0.2) is 106 Å². The molecule has 2 fully saturated rings. The predicted molar refractivity (Wildman–Crippen MR) is 208 cm³/mol. The van der Waals surface area contributed by atoms with Crippen LogP contribution in [0.2, 0.25) is 0 Å². The minimum atomic E-state index is -0.172. The third-order valence-corrected chi connectivity index (χ3v) is 9.39. The molecule has 3 aliphatic heterocycles. The number of nitrogens with one attached hydrogen (secondary N) is 1. The van der Waals surface area contributed by atoms with E-state index < -0.39 is 0 Å². The number of phenols is 1. The van der Waals surface area contributed by atoms with Crippen molar-refractivity contribution in [1.29, 1.82) is 0 Å². The fourth-order valence-electron chi connectivity index (χ4n) is 6.36. The highest BCUT2D eigenvalue weighted by atomic mass is 35.5. The van der Waals surface area contributed by atoms with Gasteiger partial charge in [-0.2, -0.15) is 0 Å². The Morgan fingerprint density at radius 1 is 0.804 bits per heavy atom. The molecule has 0 spiro atoms. The van der Waals surface area contributed by atoms with Crippen LogP contribution in [0.15, 0.2) is 65.3 Å². The minimum Gasteiger partial charge on any atom is -0.508 e. The maximum absolute atomic E-state index is 14.4. The molecule has 2 aromatic carbocycles. The van der Waals surface area contributed by atoms with Crippen molar-refractivity contribution in [2.45, 2.75) is 53.4 Å². The molecular weight excluding hydrogens is 668 g/mol. The summed E-state index contributed by atoms with van der Waals surface area (Å²) in [5.41, 5.74) is 6.24. The standard InChI is InChI=1S/C40H56N4O6.ClH/c1-30(2)8-5-9-31(3)10-6-11-32(4)14-15-44-35-28-33(45)29-37(50-27-21-43-18-24-48-25-19-43)39(35)41-38-34(40(44)46)12-7-13-36(38)49-26-20-42-16-22-47-23-17-42;/h7-8,10,12-14,28-29,41,45H,5-6,9,11,15-27H2,1-4H3;1H. The quantitative estimate of drug-likeness (QED) is 0.136. The van der Waals surface area contributed by atoms with Crippen molar-refractivity contribution in [3.05, 3.63) is 70.8 Å². The van der Waals surface area contributed by atoms with Gasteiger partial charge < -0.3 is 34.3 Å². The Labute approximate surface area is 310 Å². The van der Waals surface area contributed by atoms with Crippen molar-refractivity contribution < 1.29 is 28.8 Å². The number of hydrogen-bond donors (Lipinski definition) is 2. The number of hydrogen-bond acceptors (Lipinski definition) is 9. The third kappa shape index (κ3) is 12.0. The number of anilines is 3. The van der Waals surface area contributed by atoms with Gasteiger partial charge in [-0.3, -0.25) is 14.6 Å². The van der Waals surface area contributed by atoms with E-state index in [1.165, 1.54) is 16.7 Å². The number of carbonyl (C=O) groups is 1. The molecule has 0 atom stereocenters. The van der Waals surface area contributed by atoms with Gasteiger partial charge in [0.1, 0.15) is 36.1 Å². The van der Waals surface area contributed by atoms with Gasteiger partial charge in [0.05, 0.1) is 43.4 Å². The normalized spacial score (nSPS) is 17.1. The topological polar surface area (TPSA) is 96.0 Å². The zero-order valence-electron chi connectivity index (χ0n) is 30.9. The minimum absolute atomic E-state index is 0. The van der Waals surface area contributed by atoms with Crippen LogP contribution in [0, 0.1) is 0 Å². The average Bonchev–Trinajstić information content (AvgIpc) is 3.22. The number of halogens is 1. The van der Waals surface area contributed by atoms with Crippen molar-refractivity contribution in [3.8, 4) is 17.2 Å². The molecule has 3 aliphatic rings. The summed E-state index contributed by atoms with van der Waals surface area (Å²) >= 11 is 0. The number of carbonyl (C=O) groups excluding carboxylic acids is 1. The number of rotatable bonds is 16. The molecule has 2 aromatic rings. The van der Waals surface area contributed by atoms with Crippen molar-refractivity contribution >= 4 is 35.4 Å². The lowest BCUT2D eigenvalue weighted by molar-refractivity contribution is 0.0322. The van der Waals surface area contributed by atoms with Gasteiger partial charge in [-0.15, -0.1) is 12.4 Å². The molecule has 11 heteroatoms. The maximum atomic E-state index is 14.4.